The summed E-state index contributed by atoms with van der Waals surface area (Å²) in [6.45, 7) is 3.04. The van der Waals surface area contributed by atoms with Gasteiger partial charge in [0.2, 0.25) is 10.0 Å². The molecule has 2 atom stereocenters. The van der Waals surface area contributed by atoms with Crippen molar-refractivity contribution in [2.24, 2.45) is 0 Å². The van der Waals surface area contributed by atoms with Crippen LogP contribution in [0.15, 0.2) is 84.0 Å². The maximum absolute atomic E-state index is 12.2. The molecule has 2 aromatic carbocycles. The molecule has 2 aromatic rings. The van der Waals surface area contributed by atoms with Crippen LogP contribution in [0.4, 0.5) is 0 Å². The van der Waals surface area contributed by atoms with Crippen LogP contribution in [0.1, 0.15) is 62.2 Å². The van der Waals surface area contributed by atoms with Gasteiger partial charge in [-0.25, -0.2) is 13.1 Å². The van der Waals surface area contributed by atoms with Crippen LogP contribution in [0.5, 0.6) is 0 Å². The van der Waals surface area contributed by atoms with Gasteiger partial charge in [0.1, 0.15) is 0 Å². The molecule has 31 heavy (non-hydrogen) atoms. The van der Waals surface area contributed by atoms with Crippen LogP contribution in [-0.4, -0.2) is 21.2 Å². The summed E-state index contributed by atoms with van der Waals surface area (Å²) in [5.41, 5.74) is 5.03. The predicted octanol–water partition coefficient (Wildman–Crippen LogP) is 5.44. The molecule has 1 aliphatic carbocycles. The zero-order chi connectivity index (χ0) is 22.1. The lowest BCUT2D eigenvalue weighted by Crippen LogP contribution is -2.38. The molecule has 0 fully saturated rings. The van der Waals surface area contributed by atoms with Crippen LogP contribution in [-0.2, 0) is 10.0 Å². The Morgan fingerprint density at radius 1 is 0.871 bits per heavy atom. The third kappa shape index (κ3) is 7.76. The first-order valence-corrected chi connectivity index (χ1v) is 13.0. The van der Waals surface area contributed by atoms with Gasteiger partial charge < -0.3 is 5.32 Å². The third-order valence-electron chi connectivity index (χ3n) is 5.66. The first-order valence-electron chi connectivity index (χ1n) is 11.1. The molecule has 2 N–H and O–H groups in total. The fourth-order valence-corrected chi connectivity index (χ4v) is 4.90. The standard InChI is InChI=1S/C26H34N2O2S/c1-21-12-11-14-22(20-21)13-9-10-19-27-25(23-15-5-3-6-16-23)26(28-31(2,29)30)24-17-7-4-8-18-24/h3-8,12,14-18,25-28H,9-11,13,19-20H2,1-2H3/t25-,26+/m1/s1. The first-order chi connectivity index (χ1) is 14.9. The molecule has 0 radical (unpaired) electrons. The van der Waals surface area contributed by atoms with Gasteiger partial charge in [0, 0.05) is 0 Å². The van der Waals surface area contributed by atoms with E-state index in [4.69, 9.17) is 0 Å². The zero-order valence-electron chi connectivity index (χ0n) is 18.6. The molecule has 0 unspecified atom stereocenters. The summed E-state index contributed by atoms with van der Waals surface area (Å²) in [5, 5.41) is 3.65. The van der Waals surface area contributed by atoms with Crippen molar-refractivity contribution in [3.8, 4) is 0 Å². The van der Waals surface area contributed by atoms with E-state index in [0.29, 0.717) is 0 Å². The monoisotopic (exact) mass is 438 g/mol. The molecule has 4 nitrogen and oxygen atoms in total. The first kappa shape index (κ1) is 23.5. The highest BCUT2D eigenvalue weighted by atomic mass is 32.2. The Balaban J connectivity index is 1.69. The maximum Gasteiger partial charge on any atom is 0.209 e. The topological polar surface area (TPSA) is 58.2 Å². The van der Waals surface area contributed by atoms with Crippen molar-refractivity contribution in [3.63, 3.8) is 0 Å². The number of hydrogen-bond donors (Lipinski definition) is 2. The summed E-state index contributed by atoms with van der Waals surface area (Å²) < 4.78 is 27.2. The second-order valence-corrected chi connectivity index (χ2v) is 10.2. The molecular weight excluding hydrogens is 404 g/mol. The Kier molecular flexibility index (Phi) is 8.64. The summed E-state index contributed by atoms with van der Waals surface area (Å²) in [7, 11) is -3.38. The molecule has 0 bridgehead atoms. The molecule has 166 valence electrons. The maximum atomic E-state index is 12.2. The highest BCUT2D eigenvalue weighted by Gasteiger charge is 2.27. The van der Waals surface area contributed by atoms with E-state index < -0.39 is 10.0 Å². The van der Waals surface area contributed by atoms with Crippen LogP contribution in [0.2, 0.25) is 0 Å². The van der Waals surface area contributed by atoms with Crippen LogP contribution >= 0.6 is 0 Å². The molecular formula is C26H34N2O2S. The molecule has 0 saturated heterocycles. The molecule has 0 saturated carbocycles. The van der Waals surface area contributed by atoms with Crippen LogP contribution in [0.25, 0.3) is 0 Å². The van der Waals surface area contributed by atoms with E-state index in [-0.39, 0.29) is 12.1 Å². The van der Waals surface area contributed by atoms with Crippen molar-refractivity contribution in [3.05, 3.63) is 95.1 Å². The summed E-state index contributed by atoms with van der Waals surface area (Å²) in [5.74, 6) is 0. The van der Waals surface area contributed by atoms with Gasteiger partial charge in [0.15, 0.2) is 0 Å². The molecule has 0 amide bonds. The van der Waals surface area contributed by atoms with E-state index in [1.807, 2.05) is 48.5 Å². The van der Waals surface area contributed by atoms with E-state index in [1.54, 1.807) is 5.57 Å². The van der Waals surface area contributed by atoms with Gasteiger partial charge in [-0.15, -0.1) is 0 Å². The quantitative estimate of drug-likeness (QED) is 0.363. The van der Waals surface area contributed by atoms with Gasteiger partial charge >= 0.3 is 0 Å². The van der Waals surface area contributed by atoms with E-state index >= 15 is 0 Å². The number of hydrogen-bond acceptors (Lipinski definition) is 3. The Morgan fingerprint density at radius 2 is 1.48 bits per heavy atom. The van der Waals surface area contributed by atoms with Crippen molar-refractivity contribution in [1.82, 2.24) is 10.0 Å². The lowest BCUT2D eigenvalue weighted by atomic mass is 9.93. The van der Waals surface area contributed by atoms with Crippen molar-refractivity contribution in [2.45, 2.75) is 51.1 Å². The van der Waals surface area contributed by atoms with E-state index in [2.05, 4.69) is 41.2 Å². The minimum Gasteiger partial charge on any atom is -0.308 e. The van der Waals surface area contributed by atoms with Gasteiger partial charge in [0.25, 0.3) is 0 Å². The van der Waals surface area contributed by atoms with E-state index in [9.17, 15) is 8.42 Å². The number of allylic oxidation sites excluding steroid dienone is 4. The van der Waals surface area contributed by atoms with Gasteiger partial charge in [-0.2, -0.15) is 0 Å². The average molecular weight is 439 g/mol. The molecule has 3 rings (SSSR count). The lowest BCUT2D eigenvalue weighted by Gasteiger charge is -2.29. The molecule has 5 heteroatoms. The zero-order valence-corrected chi connectivity index (χ0v) is 19.4. The van der Waals surface area contributed by atoms with Crippen molar-refractivity contribution >= 4 is 10.0 Å². The van der Waals surface area contributed by atoms with Gasteiger partial charge in [-0.05, 0) is 56.7 Å². The Bertz CT molecular complexity index is 983. The Labute approximate surface area is 187 Å². The summed E-state index contributed by atoms with van der Waals surface area (Å²) >= 11 is 0. The number of unbranched alkanes of at least 4 members (excludes halogenated alkanes) is 1. The largest absolute Gasteiger partial charge is 0.308 e. The SMILES string of the molecule is CC1=CCC=C(CCCCN[C@H](c2ccccc2)[C@@H](NS(C)(=O)=O)c2ccccc2)C1. The Hall–Kier alpha value is -2.21. The van der Waals surface area contributed by atoms with Gasteiger partial charge in [-0.1, -0.05) is 84.0 Å². The van der Waals surface area contributed by atoms with Crippen LogP contribution < -0.4 is 10.0 Å². The normalized spacial score (nSPS) is 16.3. The summed E-state index contributed by atoms with van der Waals surface area (Å²) in [4.78, 5) is 0. The molecule has 0 aliphatic heterocycles. The molecule has 0 heterocycles. The number of rotatable bonds is 11. The third-order valence-corrected chi connectivity index (χ3v) is 6.34. The highest BCUT2D eigenvalue weighted by Crippen LogP contribution is 2.30. The highest BCUT2D eigenvalue weighted by molar-refractivity contribution is 7.88. The van der Waals surface area contributed by atoms with Crippen molar-refractivity contribution in [2.75, 3.05) is 12.8 Å². The van der Waals surface area contributed by atoms with E-state index in [1.165, 1.54) is 11.8 Å². The fraction of sp³-hybridized carbons (Fsp3) is 0.385. The number of nitrogens with one attached hydrogen (secondary N) is 2. The minimum absolute atomic E-state index is 0.155. The van der Waals surface area contributed by atoms with Gasteiger partial charge in [-0.3, -0.25) is 0 Å². The summed E-state index contributed by atoms with van der Waals surface area (Å²) in [6.07, 6.45) is 11.3. The minimum atomic E-state index is -3.38. The number of sulfonamides is 1. The smallest absolute Gasteiger partial charge is 0.209 e. The second kappa shape index (κ2) is 11.4. The van der Waals surface area contributed by atoms with Crippen molar-refractivity contribution in [1.29, 1.82) is 0 Å². The molecule has 0 spiro atoms. The molecule has 0 aromatic heterocycles. The van der Waals surface area contributed by atoms with Crippen molar-refractivity contribution < 1.29 is 8.42 Å². The lowest BCUT2D eigenvalue weighted by molar-refractivity contribution is 0.418. The van der Waals surface area contributed by atoms with Crippen LogP contribution in [0.3, 0.4) is 0 Å². The fourth-order valence-electron chi connectivity index (χ4n) is 4.16. The van der Waals surface area contributed by atoms with Crippen LogP contribution in [0, 0.1) is 0 Å². The predicted molar refractivity (Wildman–Crippen MR) is 129 cm³/mol. The second-order valence-electron chi connectivity index (χ2n) is 8.40. The number of benzene rings is 2. The van der Waals surface area contributed by atoms with Gasteiger partial charge in [0.05, 0.1) is 18.3 Å². The summed E-state index contributed by atoms with van der Waals surface area (Å²) in [6, 6.07) is 19.3. The molecule has 1 aliphatic rings. The average Bonchev–Trinajstić information content (AvgIpc) is 2.75. The van der Waals surface area contributed by atoms with E-state index in [0.717, 1.165) is 49.8 Å². The Morgan fingerprint density at radius 3 is 2.06 bits per heavy atom.